The van der Waals surface area contributed by atoms with Crippen LogP contribution in [0.25, 0.3) is 12.2 Å². The van der Waals surface area contributed by atoms with Gasteiger partial charge in [0.1, 0.15) is 0 Å². The summed E-state index contributed by atoms with van der Waals surface area (Å²) < 4.78 is 53.3. The fourth-order valence-electron chi connectivity index (χ4n) is 3.97. The van der Waals surface area contributed by atoms with E-state index < -0.39 is 7.82 Å². The molecular weight excluding hydrogens is 531 g/mol. The second kappa shape index (κ2) is 12.7. The van der Waals surface area contributed by atoms with Crippen LogP contribution in [0.15, 0.2) is 91.0 Å². The van der Waals surface area contributed by atoms with Crippen LogP contribution < -0.4 is 23.5 Å². The van der Waals surface area contributed by atoms with Gasteiger partial charge in [0.05, 0.1) is 27.4 Å². The van der Waals surface area contributed by atoms with Gasteiger partial charge < -0.3 is 23.5 Å². The van der Waals surface area contributed by atoms with Crippen molar-refractivity contribution in [1.82, 2.24) is 0 Å². The molecule has 8 nitrogen and oxygen atoms in total. The summed E-state index contributed by atoms with van der Waals surface area (Å²) >= 11 is 0. The van der Waals surface area contributed by atoms with E-state index >= 15 is 0 Å². The number of fused-ring (bicyclic) bond motifs is 1. The first-order valence-electron chi connectivity index (χ1n) is 12.6. The minimum absolute atomic E-state index is 0.0424. The molecule has 1 aliphatic heterocycles. The number of rotatable bonds is 12. The quantitative estimate of drug-likeness (QED) is 0.130. The summed E-state index contributed by atoms with van der Waals surface area (Å²) in [6.07, 6.45) is 3.78. The van der Waals surface area contributed by atoms with Crippen LogP contribution in [0.1, 0.15) is 22.3 Å². The number of benzene rings is 4. The van der Waals surface area contributed by atoms with Crippen LogP contribution in [0.3, 0.4) is 0 Å². The zero-order valence-corrected chi connectivity index (χ0v) is 23.0. The molecule has 0 amide bonds. The fraction of sp³-hybridized carbons (Fsp3) is 0.161. The van der Waals surface area contributed by atoms with Crippen molar-refractivity contribution in [2.45, 2.75) is 13.2 Å². The molecular formula is C31H29O8P. The number of ether oxygens (including phenoxy) is 4. The molecule has 40 heavy (non-hydrogen) atoms. The van der Waals surface area contributed by atoms with E-state index in [0.717, 1.165) is 22.3 Å². The van der Waals surface area contributed by atoms with E-state index in [4.69, 9.17) is 32.5 Å². The van der Waals surface area contributed by atoms with Crippen molar-refractivity contribution < 1.29 is 37.1 Å². The lowest BCUT2D eigenvalue weighted by molar-refractivity contribution is 0.142. The van der Waals surface area contributed by atoms with Crippen molar-refractivity contribution in [1.29, 1.82) is 0 Å². The Balaban J connectivity index is 1.39. The van der Waals surface area contributed by atoms with Gasteiger partial charge in [0, 0.05) is 0 Å². The van der Waals surface area contributed by atoms with Gasteiger partial charge in [0.2, 0.25) is 12.5 Å². The van der Waals surface area contributed by atoms with Gasteiger partial charge in [-0.15, -0.1) is 0 Å². The predicted molar refractivity (Wildman–Crippen MR) is 152 cm³/mol. The number of phosphoric acid groups is 1. The Morgan fingerprint density at radius 3 is 1.93 bits per heavy atom. The van der Waals surface area contributed by atoms with Gasteiger partial charge >= 0.3 is 7.82 Å². The van der Waals surface area contributed by atoms with Crippen LogP contribution in [0.2, 0.25) is 0 Å². The molecule has 0 aromatic heterocycles. The molecule has 0 N–H and O–H groups in total. The normalized spacial score (nSPS) is 12.4. The molecule has 0 saturated heterocycles. The van der Waals surface area contributed by atoms with Crippen molar-refractivity contribution in [3.05, 3.63) is 113 Å². The third-order valence-electron chi connectivity index (χ3n) is 6.01. The summed E-state index contributed by atoms with van der Waals surface area (Å²) in [6.45, 7) is 0.234. The lowest BCUT2D eigenvalue weighted by Crippen LogP contribution is -2.04. The molecule has 5 rings (SSSR count). The average Bonchev–Trinajstić information content (AvgIpc) is 3.48. The van der Waals surface area contributed by atoms with Gasteiger partial charge in [0.25, 0.3) is 0 Å². The smallest absolute Gasteiger partial charge is 0.493 e. The Labute approximate surface area is 233 Å². The molecule has 0 unspecified atom stereocenters. The first kappa shape index (κ1) is 27.3. The number of methoxy groups -OCH3 is 2. The zero-order chi connectivity index (χ0) is 27.8. The van der Waals surface area contributed by atoms with E-state index in [0.29, 0.717) is 23.0 Å². The van der Waals surface area contributed by atoms with Crippen LogP contribution in [-0.2, 0) is 26.8 Å². The summed E-state index contributed by atoms with van der Waals surface area (Å²) in [5.74, 6) is 2.39. The maximum absolute atomic E-state index is 13.9. The van der Waals surface area contributed by atoms with Crippen molar-refractivity contribution in [2.24, 2.45) is 0 Å². The SMILES string of the molecule is COc1ccc(/C=C\c2cc(OC)c3c(c2)OCO3)cc1OP(=O)(OCc1ccccc1)OCc1ccccc1. The summed E-state index contributed by atoms with van der Waals surface area (Å²) in [6, 6.07) is 27.8. The highest BCUT2D eigenvalue weighted by atomic mass is 31.2. The molecule has 1 heterocycles. The van der Waals surface area contributed by atoms with Crippen molar-refractivity contribution in [3.8, 4) is 28.7 Å². The van der Waals surface area contributed by atoms with Gasteiger partial charge in [-0.3, -0.25) is 9.05 Å². The minimum atomic E-state index is -4.08. The predicted octanol–water partition coefficient (Wildman–Crippen LogP) is 7.52. The molecule has 0 fully saturated rings. The van der Waals surface area contributed by atoms with Crippen LogP contribution in [0.4, 0.5) is 0 Å². The van der Waals surface area contributed by atoms with E-state index in [1.165, 1.54) is 7.11 Å². The van der Waals surface area contributed by atoms with E-state index in [2.05, 4.69) is 0 Å². The van der Waals surface area contributed by atoms with E-state index in [1.54, 1.807) is 19.2 Å². The van der Waals surface area contributed by atoms with Crippen molar-refractivity contribution >= 4 is 20.0 Å². The first-order valence-corrected chi connectivity index (χ1v) is 14.0. The Hall–Kier alpha value is -4.23. The van der Waals surface area contributed by atoms with Gasteiger partial charge in [-0.1, -0.05) is 78.9 Å². The Kier molecular flexibility index (Phi) is 8.71. The van der Waals surface area contributed by atoms with Crippen LogP contribution in [0, 0.1) is 0 Å². The number of hydrogen-bond acceptors (Lipinski definition) is 8. The Morgan fingerprint density at radius 1 is 0.700 bits per heavy atom. The Morgan fingerprint density at radius 2 is 1.30 bits per heavy atom. The van der Waals surface area contributed by atoms with Gasteiger partial charge in [0.15, 0.2) is 23.0 Å². The molecule has 0 atom stereocenters. The largest absolute Gasteiger partial charge is 0.530 e. The third-order valence-corrected chi connectivity index (χ3v) is 7.32. The highest BCUT2D eigenvalue weighted by Gasteiger charge is 2.30. The second-order valence-electron chi connectivity index (χ2n) is 8.76. The summed E-state index contributed by atoms with van der Waals surface area (Å²) in [4.78, 5) is 0. The highest BCUT2D eigenvalue weighted by Crippen LogP contribution is 2.53. The van der Waals surface area contributed by atoms with E-state index in [1.807, 2.05) is 91.0 Å². The van der Waals surface area contributed by atoms with Crippen molar-refractivity contribution in [3.63, 3.8) is 0 Å². The first-order chi connectivity index (χ1) is 19.5. The standard InChI is InChI=1S/C31H29O8P/c1-33-27-16-15-23(13-14-26-18-29(34-2)31-30(19-26)35-22-36-31)17-28(27)39-40(32,37-20-24-9-5-3-6-10-24)38-21-25-11-7-4-8-12-25/h3-19H,20-22H2,1-2H3/b14-13-. The Bertz CT molecular complexity index is 1460. The number of phosphoric ester groups is 1. The highest BCUT2D eigenvalue weighted by molar-refractivity contribution is 7.48. The van der Waals surface area contributed by atoms with E-state index in [-0.39, 0.29) is 25.8 Å². The summed E-state index contributed by atoms with van der Waals surface area (Å²) in [5.41, 5.74) is 3.28. The van der Waals surface area contributed by atoms with Crippen LogP contribution >= 0.6 is 7.82 Å². The topological polar surface area (TPSA) is 81.7 Å². The third kappa shape index (κ3) is 6.85. The molecule has 1 aliphatic rings. The molecule has 4 aromatic rings. The molecule has 0 saturated carbocycles. The maximum Gasteiger partial charge on any atom is 0.530 e. The molecule has 4 aromatic carbocycles. The van der Waals surface area contributed by atoms with Gasteiger partial charge in [-0.05, 0) is 46.5 Å². The average molecular weight is 561 g/mol. The number of hydrogen-bond donors (Lipinski definition) is 0. The van der Waals surface area contributed by atoms with Crippen LogP contribution in [-0.4, -0.2) is 21.0 Å². The minimum Gasteiger partial charge on any atom is -0.493 e. The molecule has 9 heteroatoms. The maximum atomic E-state index is 13.9. The van der Waals surface area contributed by atoms with Gasteiger partial charge in [-0.25, -0.2) is 4.57 Å². The van der Waals surface area contributed by atoms with Crippen LogP contribution in [0.5, 0.6) is 28.7 Å². The monoisotopic (exact) mass is 560 g/mol. The van der Waals surface area contributed by atoms with Gasteiger partial charge in [-0.2, -0.15) is 0 Å². The zero-order valence-electron chi connectivity index (χ0n) is 22.1. The second-order valence-corrected chi connectivity index (χ2v) is 10.4. The summed E-state index contributed by atoms with van der Waals surface area (Å²) in [5, 5.41) is 0. The molecule has 0 aliphatic carbocycles. The van der Waals surface area contributed by atoms with E-state index in [9.17, 15) is 4.57 Å². The molecule has 206 valence electrons. The van der Waals surface area contributed by atoms with Crippen molar-refractivity contribution in [2.75, 3.05) is 21.0 Å². The molecule has 0 spiro atoms. The summed E-state index contributed by atoms with van der Waals surface area (Å²) in [7, 11) is -0.990. The fourth-order valence-corrected chi connectivity index (χ4v) is 5.15. The lowest BCUT2D eigenvalue weighted by atomic mass is 10.1. The molecule has 0 radical (unpaired) electrons. The lowest BCUT2D eigenvalue weighted by Gasteiger charge is -2.20. The molecule has 0 bridgehead atoms.